The number of cyclic esters (lactones) is 1. The van der Waals surface area contributed by atoms with Gasteiger partial charge in [-0.1, -0.05) is 0 Å². The van der Waals surface area contributed by atoms with Crippen LogP contribution in [0.15, 0.2) is 24.3 Å². The second kappa shape index (κ2) is 2.58. The molecule has 2 spiro atoms. The lowest BCUT2D eigenvalue weighted by Crippen LogP contribution is -2.60. The lowest BCUT2D eigenvalue weighted by molar-refractivity contribution is -0.223. The van der Waals surface area contributed by atoms with Crippen LogP contribution in [0.4, 0.5) is 0 Å². The van der Waals surface area contributed by atoms with E-state index in [4.69, 9.17) is 9.47 Å². The zero-order chi connectivity index (χ0) is 10.5. The molecule has 0 amide bonds. The summed E-state index contributed by atoms with van der Waals surface area (Å²) in [7, 11) is 0. The summed E-state index contributed by atoms with van der Waals surface area (Å²) >= 11 is 0. The predicted octanol–water partition coefficient (Wildman–Crippen LogP) is 0.526. The van der Waals surface area contributed by atoms with E-state index in [9.17, 15) is 9.59 Å². The summed E-state index contributed by atoms with van der Waals surface area (Å²) in [5.41, 5.74) is -1.29. The minimum absolute atomic E-state index is 0.0424. The summed E-state index contributed by atoms with van der Waals surface area (Å²) in [6.07, 6.45) is 7.58. The van der Waals surface area contributed by atoms with Crippen LogP contribution in [0.2, 0.25) is 0 Å². The molecule has 3 aliphatic rings. The van der Waals surface area contributed by atoms with Gasteiger partial charge in [0.25, 0.3) is 0 Å². The van der Waals surface area contributed by atoms with E-state index in [0.29, 0.717) is 19.4 Å². The summed E-state index contributed by atoms with van der Waals surface area (Å²) in [4.78, 5) is 22.4. The highest BCUT2D eigenvalue weighted by Gasteiger charge is 2.61. The quantitative estimate of drug-likeness (QED) is 0.542. The van der Waals surface area contributed by atoms with Crippen molar-refractivity contribution in [2.75, 3.05) is 6.61 Å². The molecular weight excluding hydrogens is 196 g/mol. The van der Waals surface area contributed by atoms with E-state index in [1.165, 1.54) is 12.2 Å². The molecule has 2 heterocycles. The van der Waals surface area contributed by atoms with Gasteiger partial charge >= 0.3 is 5.97 Å². The molecule has 0 aromatic heterocycles. The van der Waals surface area contributed by atoms with Gasteiger partial charge in [0, 0.05) is 12.8 Å². The first kappa shape index (κ1) is 8.85. The molecule has 3 rings (SSSR count). The molecule has 1 unspecified atom stereocenters. The average Bonchev–Trinajstić information content (AvgIpc) is 2.52. The van der Waals surface area contributed by atoms with Gasteiger partial charge in [-0.15, -0.1) is 0 Å². The van der Waals surface area contributed by atoms with E-state index in [2.05, 4.69) is 0 Å². The Kier molecular flexibility index (Phi) is 1.52. The highest BCUT2D eigenvalue weighted by Crippen LogP contribution is 2.49. The molecule has 2 aliphatic heterocycles. The van der Waals surface area contributed by atoms with Crippen molar-refractivity contribution < 1.29 is 19.1 Å². The van der Waals surface area contributed by atoms with Crippen molar-refractivity contribution in [2.45, 2.75) is 24.0 Å². The van der Waals surface area contributed by atoms with Crippen LogP contribution in [0.5, 0.6) is 0 Å². The van der Waals surface area contributed by atoms with E-state index in [-0.39, 0.29) is 11.8 Å². The number of carbonyl (C=O) groups is 2. The summed E-state index contributed by atoms with van der Waals surface area (Å²) in [5.74, 6) is -0.314. The third kappa shape index (κ3) is 1.11. The molecule has 0 bridgehead atoms. The van der Waals surface area contributed by atoms with Gasteiger partial charge in [0.15, 0.2) is 11.4 Å². The van der Waals surface area contributed by atoms with Crippen LogP contribution in [0.3, 0.4) is 0 Å². The molecule has 78 valence electrons. The highest BCUT2D eigenvalue weighted by molar-refractivity contribution is 6.00. The second-order valence-electron chi connectivity index (χ2n) is 4.18. The lowest BCUT2D eigenvalue weighted by Gasteiger charge is -2.49. The molecule has 2 fully saturated rings. The summed E-state index contributed by atoms with van der Waals surface area (Å²) in [6.45, 7) is 0.432. The first-order chi connectivity index (χ1) is 7.14. The lowest BCUT2D eigenvalue weighted by atomic mass is 9.76. The van der Waals surface area contributed by atoms with Crippen LogP contribution in [0.1, 0.15) is 12.8 Å². The first-order valence-electron chi connectivity index (χ1n) is 4.94. The second-order valence-corrected chi connectivity index (χ2v) is 4.18. The van der Waals surface area contributed by atoms with Gasteiger partial charge in [0.1, 0.15) is 5.60 Å². The molecule has 0 aromatic rings. The third-order valence-electron chi connectivity index (χ3n) is 3.12. The Balaban J connectivity index is 1.81. The Morgan fingerprint density at radius 3 is 2.40 bits per heavy atom. The van der Waals surface area contributed by atoms with Gasteiger partial charge in [-0.25, -0.2) is 4.79 Å². The van der Waals surface area contributed by atoms with E-state index < -0.39 is 11.2 Å². The maximum Gasteiger partial charge on any atom is 0.338 e. The number of hydrogen-bond acceptors (Lipinski definition) is 4. The Morgan fingerprint density at radius 2 is 1.87 bits per heavy atom. The van der Waals surface area contributed by atoms with Gasteiger partial charge in [-0.2, -0.15) is 0 Å². The van der Waals surface area contributed by atoms with Crippen molar-refractivity contribution in [1.29, 1.82) is 0 Å². The molecular formula is C11H10O4. The molecule has 0 N–H and O–H groups in total. The van der Waals surface area contributed by atoms with Gasteiger partial charge < -0.3 is 9.47 Å². The normalized spacial score (nSPS) is 36.0. The largest absolute Gasteiger partial charge is 0.463 e. The number of hydrogen-bond donors (Lipinski definition) is 0. The number of rotatable bonds is 0. The van der Waals surface area contributed by atoms with Crippen LogP contribution in [-0.4, -0.2) is 29.6 Å². The molecule has 1 aliphatic carbocycles. The molecule has 2 saturated heterocycles. The standard InChI is InChI=1S/C11H10O4/c12-8-1-3-10(4-2-8)7-11(15-10)5-6-14-9(11)13/h1-4H,5-7H2. The van der Waals surface area contributed by atoms with E-state index >= 15 is 0 Å². The van der Waals surface area contributed by atoms with Gasteiger partial charge in [-0.05, 0) is 24.3 Å². The number of carbonyl (C=O) groups excluding carboxylic acids is 2. The van der Waals surface area contributed by atoms with Crippen LogP contribution >= 0.6 is 0 Å². The van der Waals surface area contributed by atoms with Gasteiger partial charge in [0.2, 0.25) is 0 Å². The van der Waals surface area contributed by atoms with Crippen molar-refractivity contribution in [3.63, 3.8) is 0 Å². The van der Waals surface area contributed by atoms with Gasteiger partial charge in [-0.3, -0.25) is 4.79 Å². The molecule has 4 nitrogen and oxygen atoms in total. The molecule has 0 radical (unpaired) electrons. The van der Waals surface area contributed by atoms with E-state index in [1.54, 1.807) is 12.2 Å². The Hall–Kier alpha value is -1.42. The predicted molar refractivity (Wildman–Crippen MR) is 50.0 cm³/mol. The zero-order valence-electron chi connectivity index (χ0n) is 8.06. The van der Waals surface area contributed by atoms with Crippen LogP contribution in [0, 0.1) is 0 Å². The van der Waals surface area contributed by atoms with Crippen LogP contribution in [-0.2, 0) is 19.1 Å². The fourth-order valence-corrected chi connectivity index (χ4v) is 2.34. The van der Waals surface area contributed by atoms with Crippen molar-refractivity contribution in [3.05, 3.63) is 24.3 Å². The fourth-order valence-electron chi connectivity index (χ4n) is 2.34. The number of allylic oxidation sites excluding steroid dienone is 2. The average molecular weight is 206 g/mol. The number of ketones is 1. The number of esters is 1. The third-order valence-corrected chi connectivity index (χ3v) is 3.12. The van der Waals surface area contributed by atoms with Crippen molar-refractivity contribution in [1.82, 2.24) is 0 Å². The summed E-state index contributed by atoms with van der Waals surface area (Å²) in [5, 5.41) is 0. The van der Waals surface area contributed by atoms with Crippen molar-refractivity contribution >= 4 is 11.8 Å². The maximum atomic E-state index is 11.4. The van der Waals surface area contributed by atoms with Crippen molar-refractivity contribution in [2.24, 2.45) is 0 Å². The van der Waals surface area contributed by atoms with Crippen LogP contribution in [0.25, 0.3) is 0 Å². The Bertz CT molecular complexity index is 381. The monoisotopic (exact) mass is 206 g/mol. The molecule has 0 aromatic carbocycles. The highest BCUT2D eigenvalue weighted by atomic mass is 16.6. The molecule has 1 atom stereocenters. The minimum Gasteiger partial charge on any atom is -0.463 e. The summed E-state index contributed by atoms with van der Waals surface area (Å²) in [6, 6.07) is 0. The Morgan fingerprint density at radius 1 is 1.20 bits per heavy atom. The van der Waals surface area contributed by atoms with E-state index in [1.807, 2.05) is 0 Å². The number of ether oxygens (including phenoxy) is 2. The maximum absolute atomic E-state index is 11.4. The van der Waals surface area contributed by atoms with E-state index in [0.717, 1.165) is 0 Å². The van der Waals surface area contributed by atoms with Gasteiger partial charge in [0.05, 0.1) is 6.61 Å². The summed E-state index contributed by atoms with van der Waals surface area (Å²) < 4.78 is 10.6. The molecule has 0 saturated carbocycles. The fraction of sp³-hybridized carbons (Fsp3) is 0.455. The van der Waals surface area contributed by atoms with Crippen LogP contribution < -0.4 is 0 Å². The van der Waals surface area contributed by atoms with Crippen molar-refractivity contribution in [3.8, 4) is 0 Å². The molecule has 4 heteroatoms. The minimum atomic E-state index is -0.741. The Labute approximate surface area is 86.5 Å². The molecule has 15 heavy (non-hydrogen) atoms. The first-order valence-corrected chi connectivity index (χ1v) is 4.94. The topological polar surface area (TPSA) is 52.6 Å². The SMILES string of the molecule is O=C1C=CC2(C=C1)CC1(CCOC1=O)O2. The smallest absolute Gasteiger partial charge is 0.338 e. The zero-order valence-corrected chi connectivity index (χ0v) is 8.06.